The van der Waals surface area contributed by atoms with Crippen LogP contribution in [-0.4, -0.2) is 19.3 Å². The highest BCUT2D eigenvalue weighted by Gasteiger charge is 2.15. The summed E-state index contributed by atoms with van der Waals surface area (Å²) < 4.78 is 16.7. The highest BCUT2D eigenvalue weighted by molar-refractivity contribution is 5.47. The highest BCUT2D eigenvalue weighted by atomic mass is 16.5. The van der Waals surface area contributed by atoms with Crippen LogP contribution in [0.15, 0.2) is 66.7 Å². The second kappa shape index (κ2) is 8.60. The molecule has 1 unspecified atom stereocenters. The molecular weight excluding hydrogens is 340 g/mol. The van der Waals surface area contributed by atoms with Crippen LogP contribution < -0.4 is 14.2 Å². The van der Waals surface area contributed by atoms with Gasteiger partial charge in [-0.3, -0.25) is 0 Å². The first kappa shape index (κ1) is 18.8. The lowest BCUT2D eigenvalue weighted by Crippen LogP contribution is -2.03. The molecule has 0 bridgehead atoms. The fourth-order valence-electron chi connectivity index (χ4n) is 2.91. The van der Waals surface area contributed by atoms with E-state index in [-0.39, 0.29) is 0 Å². The minimum Gasteiger partial charge on any atom is -0.496 e. The lowest BCUT2D eigenvalue weighted by atomic mass is 9.99. The average Bonchev–Trinajstić information content (AvgIpc) is 2.72. The minimum absolute atomic E-state index is 0.453. The molecule has 140 valence electrons. The lowest BCUT2D eigenvalue weighted by molar-refractivity contribution is 0.218. The van der Waals surface area contributed by atoms with Crippen molar-refractivity contribution in [2.45, 2.75) is 19.6 Å². The summed E-state index contributed by atoms with van der Waals surface area (Å²) >= 11 is 0. The Hall–Kier alpha value is -2.98. The maximum absolute atomic E-state index is 10.8. The van der Waals surface area contributed by atoms with Gasteiger partial charge in [-0.25, -0.2) is 0 Å². The number of aliphatic hydroxyl groups is 1. The van der Waals surface area contributed by atoms with E-state index in [1.54, 1.807) is 20.3 Å². The third-order valence-corrected chi connectivity index (χ3v) is 4.49. The van der Waals surface area contributed by atoms with Gasteiger partial charge >= 0.3 is 0 Å². The van der Waals surface area contributed by atoms with Gasteiger partial charge in [-0.15, -0.1) is 0 Å². The summed E-state index contributed by atoms with van der Waals surface area (Å²) in [5.41, 5.74) is 3.59. The second-order valence-corrected chi connectivity index (χ2v) is 6.32. The number of aliphatic hydroxyl groups excluding tert-OH is 1. The van der Waals surface area contributed by atoms with Crippen molar-refractivity contribution in [1.29, 1.82) is 0 Å². The van der Waals surface area contributed by atoms with Gasteiger partial charge in [0.05, 0.1) is 14.2 Å². The maximum atomic E-state index is 10.8. The molecule has 1 atom stereocenters. The van der Waals surface area contributed by atoms with Crippen LogP contribution in [0.3, 0.4) is 0 Å². The molecule has 0 fully saturated rings. The van der Waals surface area contributed by atoms with Gasteiger partial charge in [-0.05, 0) is 47.4 Å². The fraction of sp³-hybridized carbons (Fsp3) is 0.217. The van der Waals surface area contributed by atoms with Gasteiger partial charge in [0.1, 0.15) is 18.5 Å². The van der Waals surface area contributed by atoms with E-state index < -0.39 is 6.10 Å². The van der Waals surface area contributed by atoms with Crippen molar-refractivity contribution < 1.29 is 19.3 Å². The standard InChI is InChI=1S/C23H24O4/c1-16-9-10-18(13-21(16)25-2)23(24)19-11-12-20(22(14-19)26-3)27-15-17-7-5-4-6-8-17/h4-14,23-24H,15H2,1-3H3. The molecule has 4 nitrogen and oxygen atoms in total. The van der Waals surface area contributed by atoms with Crippen LogP contribution in [0.2, 0.25) is 0 Å². The van der Waals surface area contributed by atoms with E-state index in [0.717, 1.165) is 28.0 Å². The van der Waals surface area contributed by atoms with E-state index in [9.17, 15) is 5.11 Å². The number of aryl methyl sites for hydroxylation is 1. The largest absolute Gasteiger partial charge is 0.496 e. The van der Waals surface area contributed by atoms with Crippen molar-refractivity contribution in [3.8, 4) is 17.2 Å². The predicted octanol–water partition coefficient (Wildman–Crippen LogP) is 4.67. The van der Waals surface area contributed by atoms with Crippen LogP contribution >= 0.6 is 0 Å². The lowest BCUT2D eigenvalue weighted by Gasteiger charge is -2.17. The summed E-state index contributed by atoms with van der Waals surface area (Å²) in [7, 11) is 3.22. The molecule has 0 aliphatic rings. The number of benzene rings is 3. The molecule has 0 saturated heterocycles. The number of hydrogen-bond donors (Lipinski definition) is 1. The summed E-state index contributed by atoms with van der Waals surface area (Å²) in [6.07, 6.45) is -0.781. The van der Waals surface area contributed by atoms with Gasteiger partial charge in [0, 0.05) is 0 Å². The first-order chi connectivity index (χ1) is 13.1. The topological polar surface area (TPSA) is 47.9 Å². The van der Waals surface area contributed by atoms with Crippen LogP contribution in [0, 0.1) is 6.92 Å². The summed E-state index contributed by atoms with van der Waals surface area (Å²) in [5.74, 6) is 1.97. The zero-order valence-corrected chi connectivity index (χ0v) is 15.8. The smallest absolute Gasteiger partial charge is 0.161 e. The second-order valence-electron chi connectivity index (χ2n) is 6.32. The third kappa shape index (κ3) is 4.41. The van der Waals surface area contributed by atoms with Crippen LogP contribution in [0.1, 0.15) is 28.4 Å². The average molecular weight is 364 g/mol. The molecule has 3 rings (SSSR count). The molecule has 0 amide bonds. The molecular formula is C23H24O4. The van der Waals surface area contributed by atoms with Crippen LogP contribution in [0.5, 0.6) is 17.2 Å². The third-order valence-electron chi connectivity index (χ3n) is 4.49. The van der Waals surface area contributed by atoms with Gasteiger partial charge in [0.25, 0.3) is 0 Å². The van der Waals surface area contributed by atoms with Crippen molar-refractivity contribution in [2.24, 2.45) is 0 Å². The Bertz CT molecular complexity index is 890. The molecule has 3 aromatic rings. The number of methoxy groups -OCH3 is 2. The SMILES string of the molecule is COc1cc(C(O)c2ccc(OCc3ccccc3)c(OC)c2)ccc1C. The zero-order chi connectivity index (χ0) is 19.2. The van der Waals surface area contributed by atoms with Crippen molar-refractivity contribution in [3.05, 3.63) is 89.0 Å². The molecule has 0 saturated carbocycles. The van der Waals surface area contributed by atoms with Crippen molar-refractivity contribution >= 4 is 0 Å². The Labute approximate surface area is 160 Å². The molecule has 4 heteroatoms. The van der Waals surface area contributed by atoms with E-state index in [1.807, 2.05) is 67.6 Å². The van der Waals surface area contributed by atoms with Gasteiger partial charge in [0.2, 0.25) is 0 Å². The number of hydrogen-bond acceptors (Lipinski definition) is 4. The fourth-order valence-corrected chi connectivity index (χ4v) is 2.91. The van der Waals surface area contributed by atoms with Gasteiger partial charge < -0.3 is 19.3 Å². The zero-order valence-electron chi connectivity index (χ0n) is 15.8. The molecule has 0 spiro atoms. The Morgan fingerprint density at radius 2 is 1.41 bits per heavy atom. The molecule has 0 heterocycles. The van der Waals surface area contributed by atoms with Crippen molar-refractivity contribution in [3.63, 3.8) is 0 Å². The quantitative estimate of drug-likeness (QED) is 0.662. The minimum atomic E-state index is -0.781. The van der Waals surface area contributed by atoms with Crippen molar-refractivity contribution in [2.75, 3.05) is 14.2 Å². The first-order valence-corrected chi connectivity index (χ1v) is 8.79. The molecule has 1 N–H and O–H groups in total. The Morgan fingerprint density at radius 3 is 2.07 bits per heavy atom. The summed E-state index contributed by atoms with van der Waals surface area (Å²) in [5, 5.41) is 10.8. The van der Waals surface area contributed by atoms with Crippen LogP contribution in [0.4, 0.5) is 0 Å². The Morgan fingerprint density at radius 1 is 0.778 bits per heavy atom. The molecule has 0 radical (unpaired) electrons. The monoisotopic (exact) mass is 364 g/mol. The van der Waals surface area contributed by atoms with Crippen LogP contribution in [0.25, 0.3) is 0 Å². The normalized spacial score (nSPS) is 11.7. The van der Waals surface area contributed by atoms with Gasteiger partial charge in [0.15, 0.2) is 11.5 Å². The Balaban J connectivity index is 1.80. The van der Waals surface area contributed by atoms with Gasteiger partial charge in [-0.2, -0.15) is 0 Å². The van der Waals surface area contributed by atoms with E-state index in [2.05, 4.69) is 0 Å². The number of ether oxygens (including phenoxy) is 3. The van der Waals surface area contributed by atoms with E-state index in [4.69, 9.17) is 14.2 Å². The Kier molecular flexibility index (Phi) is 5.99. The predicted molar refractivity (Wildman–Crippen MR) is 106 cm³/mol. The van der Waals surface area contributed by atoms with E-state index in [1.165, 1.54) is 0 Å². The molecule has 27 heavy (non-hydrogen) atoms. The highest BCUT2D eigenvalue weighted by Crippen LogP contribution is 2.34. The molecule has 0 aliphatic heterocycles. The van der Waals surface area contributed by atoms with Gasteiger partial charge in [-0.1, -0.05) is 48.5 Å². The first-order valence-electron chi connectivity index (χ1n) is 8.79. The maximum Gasteiger partial charge on any atom is 0.161 e. The van der Waals surface area contributed by atoms with Crippen LogP contribution in [-0.2, 0) is 6.61 Å². The van der Waals surface area contributed by atoms with E-state index >= 15 is 0 Å². The molecule has 3 aromatic carbocycles. The molecule has 0 aromatic heterocycles. The summed E-state index contributed by atoms with van der Waals surface area (Å²) in [4.78, 5) is 0. The number of rotatable bonds is 7. The summed E-state index contributed by atoms with van der Waals surface area (Å²) in [6, 6.07) is 21.1. The van der Waals surface area contributed by atoms with Crippen molar-refractivity contribution in [1.82, 2.24) is 0 Å². The summed E-state index contributed by atoms with van der Waals surface area (Å²) in [6.45, 7) is 2.42. The molecule has 0 aliphatic carbocycles. The van der Waals surface area contributed by atoms with E-state index in [0.29, 0.717) is 18.1 Å².